The van der Waals surface area contributed by atoms with Gasteiger partial charge in [-0.3, -0.25) is 14.8 Å². The number of pyridine rings is 2. The second kappa shape index (κ2) is 8.87. The molecule has 1 saturated heterocycles. The molecule has 3 aromatic heterocycles. The summed E-state index contributed by atoms with van der Waals surface area (Å²) in [6.07, 6.45) is 6.01. The fraction of sp³-hybridized carbons (Fsp3) is 0.261. The minimum absolute atomic E-state index is 0.0265. The molecule has 4 heterocycles. The highest BCUT2D eigenvalue weighted by atomic mass is 32.1. The number of benzene rings is 1. The Bertz CT molecular complexity index is 1190. The maximum atomic E-state index is 12.8. The van der Waals surface area contributed by atoms with Crippen LogP contribution in [-0.2, 0) is 6.42 Å². The highest BCUT2D eigenvalue weighted by molar-refractivity contribution is 7.12. The summed E-state index contributed by atoms with van der Waals surface area (Å²) in [4.78, 5) is 21.7. The monoisotopic (exact) mass is 431 g/mol. The predicted molar refractivity (Wildman–Crippen MR) is 119 cm³/mol. The first-order chi connectivity index (χ1) is 15.2. The molecular formula is C23H21N5O2S. The molecule has 1 aliphatic heterocycles. The van der Waals surface area contributed by atoms with E-state index in [0.717, 1.165) is 58.8 Å². The van der Waals surface area contributed by atoms with Gasteiger partial charge in [-0.25, -0.2) is 0 Å². The molecule has 0 unspecified atom stereocenters. The molecule has 0 radical (unpaired) electrons. The minimum atomic E-state index is 0.0265. The van der Waals surface area contributed by atoms with Gasteiger partial charge in [0.25, 0.3) is 0 Å². The van der Waals surface area contributed by atoms with E-state index in [-0.39, 0.29) is 18.3 Å². The fourth-order valence-electron chi connectivity index (χ4n) is 3.67. The van der Waals surface area contributed by atoms with Crippen molar-refractivity contribution in [2.24, 2.45) is 0 Å². The molecule has 0 atom stereocenters. The predicted octanol–water partition coefficient (Wildman–Crippen LogP) is 3.70. The number of fused-ring (bicyclic) bond motifs is 1. The molecule has 5 rings (SSSR count). The second-order valence-electron chi connectivity index (χ2n) is 7.53. The van der Waals surface area contributed by atoms with Gasteiger partial charge in [0.2, 0.25) is 0 Å². The van der Waals surface area contributed by atoms with Crippen LogP contribution < -0.4 is 10.1 Å². The van der Waals surface area contributed by atoms with Gasteiger partial charge in [-0.05, 0) is 67.7 Å². The van der Waals surface area contributed by atoms with Crippen LogP contribution in [0.1, 0.15) is 28.9 Å². The van der Waals surface area contributed by atoms with Crippen molar-refractivity contribution >= 4 is 27.9 Å². The molecule has 156 valence electrons. The summed E-state index contributed by atoms with van der Waals surface area (Å²) in [5, 5.41) is 13.9. The van der Waals surface area contributed by atoms with Gasteiger partial charge < -0.3 is 10.1 Å². The Morgan fingerprint density at radius 3 is 2.65 bits per heavy atom. The number of hydrogen-bond donors (Lipinski definition) is 1. The Labute approximate surface area is 183 Å². The van der Waals surface area contributed by atoms with Crippen molar-refractivity contribution in [3.63, 3.8) is 0 Å². The number of piperidine rings is 1. The number of Topliss-reactive ketones (excluding diaryl/α,β-unsaturated/α-hetero) is 1. The lowest BCUT2D eigenvalue weighted by atomic mass is 10.0. The van der Waals surface area contributed by atoms with E-state index in [1.54, 1.807) is 17.9 Å². The van der Waals surface area contributed by atoms with E-state index in [1.165, 1.54) is 11.3 Å². The van der Waals surface area contributed by atoms with Crippen molar-refractivity contribution in [3.8, 4) is 16.5 Å². The molecule has 4 aromatic rings. The van der Waals surface area contributed by atoms with E-state index in [2.05, 4.69) is 25.5 Å². The quantitative estimate of drug-likeness (QED) is 0.466. The molecule has 8 heteroatoms. The number of hydrogen-bond acceptors (Lipinski definition) is 8. The maximum Gasteiger partial charge on any atom is 0.168 e. The fourth-order valence-corrected chi connectivity index (χ4v) is 4.19. The van der Waals surface area contributed by atoms with Crippen molar-refractivity contribution in [1.29, 1.82) is 0 Å². The summed E-state index contributed by atoms with van der Waals surface area (Å²) in [6, 6.07) is 11.3. The summed E-state index contributed by atoms with van der Waals surface area (Å²) in [6.45, 7) is 1.97. The third-order valence-electron chi connectivity index (χ3n) is 5.35. The molecule has 0 aliphatic carbocycles. The van der Waals surface area contributed by atoms with Crippen LogP contribution in [0.25, 0.3) is 21.5 Å². The summed E-state index contributed by atoms with van der Waals surface area (Å²) in [5.41, 5.74) is 3.83. The van der Waals surface area contributed by atoms with Crippen LogP contribution in [0, 0.1) is 0 Å². The Morgan fingerprint density at radius 2 is 1.87 bits per heavy atom. The molecule has 1 aromatic carbocycles. The average molecular weight is 432 g/mol. The van der Waals surface area contributed by atoms with Gasteiger partial charge in [-0.1, -0.05) is 11.3 Å². The van der Waals surface area contributed by atoms with Gasteiger partial charge in [-0.2, -0.15) is 0 Å². The zero-order valence-electron chi connectivity index (χ0n) is 16.8. The molecule has 1 aliphatic rings. The number of ketones is 1. The number of nitrogens with zero attached hydrogens (tertiary/aromatic N) is 4. The highest BCUT2D eigenvalue weighted by Crippen LogP contribution is 2.23. The van der Waals surface area contributed by atoms with Gasteiger partial charge in [0.05, 0.1) is 6.42 Å². The largest absolute Gasteiger partial charge is 0.490 e. The van der Waals surface area contributed by atoms with Gasteiger partial charge >= 0.3 is 0 Å². The lowest BCUT2D eigenvalue weighted by Crippen LogP contribution is -2.34. The Kier molecular flexibility index (Phi) is 5.64. The highest BCUT2D eigenvalue weighted by Gasteiger charge is 2.15. The van der Waals surface area contributed by atoms with Crippen LogP contribution in [0.4, 0.5) is 0 Å². The number of aromatic nitrogens is 4. The zero-order chi connectivity index (χ0) is 21.0. The minimum Gasteiger partial charge on any atom is -0.490 e. The summed E-state index contributed by atoms with van der Waals surface area (Å²) < 4.78 is 6.02. The van der Waals surface area contributed by atoms with E-state index in [9.17, 15) is 4.79 Å². The van der Waals surface area contributed by atoms with Crippen LogP contribution in [0.3, 0.4) is 0 Å². The molecule has 0 saturated carbocycles. The van der Waals surface area contributed by atoms with Crippen molar-refractivity contribution < 1.29 is 9.53 Å². The van der Waals surface area contributed by atoms with Crippen molar-refractivity contribution in [2.75, 3.05) is 13.1 Å². The number of rotatable bonds is 6. The van der Waals surface area contributed by atoms with E-state index < -0.39 is 0 Å². The molecule has 1 N–H and O–H groups in total. The lowest BCUT2D eigenvalue weighted by molar-refractivity contribution is 0.0992. The van der Waals surface area contributed by atoms with Crippen molar-refractivity contribution in [3.05, 3.63) is 65.6 Å². The molecule has 0 amide bonds. The van der Waals surface area contributed by atoms with E-state index in [1.807, 2.05) is 36.4 Å². The van der Waals surface area contributed by atoms with Gasteiger partial charge in [0.15, 0.2) is 10.8 Å². The summed E-state index contributed by atoms with van der Waals surface area (Å²) in [5.74, 6) is 0.836. The van der Waals surface area contributed by atoms with Gasteiger partial charge in [0.1, 0.15) is 23.1 Å². The van der Waals surface area contributed by atoms with Crippen LogP contribution in [0.5, 0.6) is 5.75 Å². The zero-order valence-corrected chi connectivity index (χ0v) is 17.6. The molecule has 0 spiro atoms. The van der Waals surface area contributed by atoms with E-state index in [4.69, 9.17) is 4.74 Å². The molecule has 31 heavy (non-hydrogen) atoms. The Hall–Kier alpha value is -3.23. The third-order valence-corrected chi connectivity index (χ3v) is 6.06. The SMILES string of the molecule is O=C(Cc1cc2cc(-c3nncs3)ncc2cn1)c1ccc(OC2CCNCC2)cc1. The van der Waals surface area contributed by atoms with E-state index >= 15 is 0 Å². The molecule has 0 bridgehead atoms. The summed E-state index contributed by atoms with van der Waals surface area (Å²) >= 11 is 1.44. The Balaban J connectivity index is 1.29. The van der Waals surface area contributed by atoms with E-state index in [0.29, 0.717) is 5.56 Å². The Morgan fingerprint density at radius 1 is 1.06 bits per heavy atom. The molecular weight excluding hydrogens is 410 g/mol. The molecule has 7 nitrogen and oxygen atoms in total. The summed E-state index contributed by atoms with van der Waals surface area (Å²) in [7, 11) is 0. The lowest BCUT2D eigenvalue weighted by Gasteiger charge is -2.23. The van der Waals surface area contributed by atoms with Crippen LogP contribution in [-0.4, -0.2) is 45.1 Å². The standard InChI is InChI=1S/C23H21N5O2S/c29-22(15-1-3-19(4-2-15)30-20-5-7-24-8-6-20)11-18-9-16-10-21(23-28-27-14-31-23)26-13-17(16)12-25-18/h1-4,9-10,12-14,20,24H,5-8,11H2. The number of ether oxygens (including phenoxy) is 1. The second-order valence-corrected chi connectivity index (χ2v) is 8.36. The maximum absolute atomic E-state index is 12.8. The first-order valence-corrected chi connectivity index (χ1v) is 11.1. The van der Waals surface area contributed by atoms with Gasteiger partial charge in [-0.15, -0.1) is 10.2 Å². The van der Waals surface area contributed by atoms with Crippen molar-refractivity contribution in [2.45, 2.75) is 25.4 Å². The first kappa shape index (κ1) is 19.7. The van der Waals surface area contributed by atoms with Crippen molar-refractivity contribution in [1.82, 2.24) is 25.5 Å². The average Bonchev–Trinajstić information content (AvgIpc) is 3.35. The van der Waals surface area contributed by atoms with Crippen LogP contribution in [0.2, 0.25) is 0 Å². The first-order valence-electron chi connectivity index (χ1n) is 10.3. The van der Waals surface area contributed by atoms with Gasteiger partial charge in [0, 0.05) is 29.0 Å². The number of carbonyl (C=O) groups is 1. The normalized spacial score (nSPS) is 14.6. The smallest absolute Gasteiger partial charge is 0.168 e. The van der Waals surface area contributed by atoms with Crippen LogP contribution >= 0.6 is 11.3 Å². The van der Waals surface area contributed by atoms with Crippen LogP contribution in [0.15, 0.2) is 54.3 Å². The third kappa shape index (κ3) is 4.60. The number of nitrogens with one attached hydrogen (secondary N) is 1. The topological polar surface area (TPSA) is 89.9 Å². The number of carbonyl (C=O) groups excluding carboxylic acids is 1. The molecule has 1 fully saturated rings.